The summed E-state index contributed by atoms with van der Waals surface area (Å²) in [4.78, 5) is 30.1. The molecule has 1 aliphatic rings. The van der Waals surface area contributed by atoms with E-state index in [1.807, 2.05) is 0 Å². The largest absolute Gasteiger partial charge is 0.507 e. The van der Waals surface area contributed by atoms with Gasteiger partial charge in [0, 0.05) is 29.5 Å². The van der Waals surface area contributed by atoms with Crippen molar-refractivity contribution in [1.82, 2.24) is 9.88 Å². The molecule has 2 heterocycles. The van der Waals surface area contributed by atoms with Gasteiger partial charge in [-0.1, -0.05) is 11.6 Å². The van der Waals surface area contributed by atoms with E-state index in [4.69, 9.17) is 11.6 Å². The number of likely N-dealkylation sites (tertiary alicyclic amines) is 1. The SMILES string of the molecule is O=C1C(=O)N(CCO)[C@H](c2ccncc2)/C1=C(\O)c1ccc(Cl)cc1. The second-order valence-corrected chi connectivity index (χ2v) is 5.94. The number of aromatic nitrogens is 1. The van der Waals surface area contributed by atoms with Crippen LogP contribution < -0.4 is 0 Å². The molecule has 1 aromatic carbocycles. The van der Waals surface area contributed by atoms with E-state index in [1.165, 1.54) is 17.3 Å². The third kappa shape index (κ3) is 3.14. The number of nitrogens with zero attached hydrogens (tertiary/aromatic N) is 2. The molecule has 0 saturated carbocycles. The predicted molar refractivity (Wildman–Crippen MR) is 91.8 cm³/mol. The molecule has 1 aromatic heterocycles. The summed E-state index contributed by atoms with van der Waals surface area (Å²) in [5.41, 5.74) is 0.982. The summed E-state index contributed by atoms with van der Waals surface area (Å²) in [5, 5.41) is 20.4. The first-order valence-corrected chi connectivity index (χ1v) is 7.97. The maximum absolute atomic E-state index is 12.5. The Morgan fingerprint density at radius 2 is 1.76 bits per heavy atom. The van der Waals surface area contributed by atoms with E-state index in [9.17, 15) is 19.8 Å². The van der Waals surface area contributed by atoms with Gasteiger partial charge in [0.1, 0.15) is 5.76 Å². The number of rotatable bonds is 4. The molecule has 128 valence electrons. The average Bonchev–Trinajstić information content (AvgIpc) is 2.88. The van der Waals surface area contributed by atoms with Gasteiger partial charge in [0.25, 0.3) is 11.7 Å². The monoisotopic (exact) mass is 358 g/mol. The van der Waals surface area contributed by atoms with Crippen LogP contribution in [-0.4, -0.2) is 44.9 Å². The van der Waals surface area contributed by atoms with Crippen molar-refractivity contribution < 1.29 is 19.8 Å². The van der Waals surface area contributed by atoms with Crippen LogP contribution in [0.15, 0.2) is 54.4 Å². The average molecular weight is 359 g/mol. The third-order valence-electron chi connectivity index (χ3n) is 4.02. The van der Waals surface area contributed by atoms with Crippen molar-refractivity contribution in [3.63, 3.8) is 0 Å². The van der Waals surface area contributed by atoms with Crippen LogP contribution in [0.1, 0.15) is 17.2 Å². The van der Waals surface area contributed by atoms with Crippen molar-refractivity contribution in [2.45, 2.75) is 6.04 Å². The van der Waals surface area contributed by atoms with Crippen molar-refractivity contribution in [2.75, 3.05) is 13.2 Å². The van der Waals surface area contributed by atoms with Crippen LogP contribution in [0.25, 0.3) is 5.76 Å². The highest BCUT2D eigenvalue weighted by molar-refractivity contribution is 6.46. The van der Waals surface area contributed by atoms with Crippen molar-refractivity contribution in [3.05, 3.63) is 70.5 Å². The van der Waals surface area contributed by atoms with E-state index < -0.39 is 17.7 Å². The number of aliphatic hydroxyl groups is 2. The summed E-state index contributed by atoms with van der Waals surface area (Å²) in [6.07, 6.45) is 3.08. The van der Waals surface area contributed by atoms with Gasteiger partial charge < -0.3 is 15.1 Å². The molecule has 0 unspecified atom stereocenters. The summed E-state index contributed by atoms with van der Waals surface area (Å²) in [5.74, 6) is -1.83. The second-order valence-electron chi connectivity index (χ2n) is 5.50. The molecule has 3 rings (SSSR count). The highest BCUT2D eigenvalue weighted by atomic mass is 35.5. The summed E-state index contributed by atoms with van der Waals surface area (Å²) >= 11 is 5.86. The number of benzene rings is 1. The lowest BCUT2D eigenvalue weighted by Gasteiger charge is -2.24. The van der Waals surface area contributed by atoms with Crippen LogP contribution in [-0.2, 0) is 9.59 Å². The van der Waals surface area contributed by atoms with Crippen molar-refractivity contribution in [2.24, 2.45) is 0 Å². The topological polar surface area (TPSA) is 90.7 Å². The van der Waals surface area contributed by atoms with Gasteiger partial charge in [-0.2, -0.15) is 0 Å². The van der Waals surface area contributed by atoms with Crippen molar-refractivity contribution >= 4 is 29.1 Å². The predicted octanol–water partition coefficient (Wildman–Crippen LogP) is 2.15. The fraction of sp³-hybridized carbons (Fsp3) is 0.167. The van der Waals surface area contributed by atoms with Crippen LogP contribution in [0.5, 0.6) is 0 Å². The fourth-order valence-corrected chi connectivity index (χ4v) is 3.00. The number of amides is 1. The summed E-state index contributed by atoms with van der Waals surface area (Å²) in [6, 6.07) is 8.85. The molecule has 7 heteroatoms. The molecular weight excluding hydrogens is 344 g/mol. The number of hydrogen-bond acceptors (Lipinski definition) is 5. The Kier molecular flexibility index (Phi) is 4.83. The standard InChI is InChI=1S/C18H15ClN2O4/c19-13-3-1-12(2-4-13)16(23)14-15(11-5-7-20-8-6-11)21(9-10-22)18(25)17(14)24/h1-8,15,22-23H,9-10H2/b16-14+/t15-/m1/s1. The van der Waals surface area contributed by atoms with Gasteiger partial charge in [0.05, 0.1) is 18.2 Å². The van der Waals surface area contributed by atoms with Gasteiger partial charge in [-0.25, -0.2) is 0 Å². The number of β-amino-alcohol motifs (C(OH)–C–C–N with tert-alkyl or cyclic N) is 1. The normalized spacial score (nSPS) is 19.4. The van der Waals surface area contributed by atoms with E-state index in [2.05, 4.69) is 4.98 Å². The lowest BCUT2D eigenvalue weighted by atomic mass is 9.96. The van der Waals surface area contributed by atoms with Gasteiger partial charge in [-0.05, 0) is 42.0 Å². The Morgan fingerprint density at radius 3 is 2.36 bits per heavy atom. The smallest absolute Gasteiger partial charge is 0.295 e. The highest BCUT2D eigenvalue weighted by Crippen LogP contribution is 2.38. The third-order valence-corrected chi connectivity index (χ3v) is 4.27. The van der Waals surface area contributed by atoms with Crippen LogP contribution in [0.3, 0.4) is 0 Å². The zero-order valence-electron chi connectivity index (χ0n) is 13.1. The number of pyridine rings is 1. The molecule has 0 aliphatic carbocycles. The van der Waals surface area contributed by atoms with Gasteiger partial charge in [0.15, 0.2) is 0 Å². The molecule has 1 atom stereocenters. The minimum atomic E-state index is -0.789. The molecule has 1 amide bonds. The van der Waals surface area contributed by atoms with Crippen LogP contribution in [0.4, 0.5) is 0 Å². The van der Waals surface area contributed by atoms with E-state index in [1.54, 1.807) is 36.4 Å². The van der Waals surface area contributed by atoms with E-state index >= 15 is 0 Å². The first-order valence-electron chi connectivity index (χ1n) is 7.59. The number of hydrogen-bond donors (Lipinski definition) is 2. The van der Waals surface area contributed by atoms with Gasteiger partial charge in [-0.15, -0.1) is 0 Å². The highest BCUT2D eigenvalue weighted by Gasteiger charge is 2.45. The molecule has 0 radical (unpaired) electrons. The Bertz CT molecular complexity index is 834. The molecule has 0 spiro atoms. The molecule has 25 heavy (non-hydrogen) atoms. The number of aliphatic hydroxyl groups excluding tert-OH is 2. The lowest BCUT2D eigenvalue weighted by Crippen LogP contribution is -2.32. The first-order chi connectivity index (χ1) is 12.0. The van der Waals surface area contributed by atoms with Gasteiger partial charge in [0.2, 0.25) is 0 Å². The number of Topliss-reactive ketones (excluding diaryl/α,β-unsaturated/α-hetero) is 1. The van der Waals surface area contributed by atoms with Crippen molar-refractivity contribution in [1.29, 1.82) is 0 Å². The van der Waals surface area contributed by atoms with E-state index in [-0.39, 0.29) is 24.5 Å². The summed E-state index contributed by atoms with van der Waals surface area (Å²) in [6.45, 7) is -0.315. The maximum atomic E-state index is 12.5. The van der Waals surface area contributed by atoms with Crippen LogP contribution >= 0.6 is 11.6 Å². The van der Waals surface area contributed by atoms with E-state index in [0.717, 1.165) is 0 Å². The Labute approximate surface area is 149 Å². The van der Waals surface area contributed by atoms with Crippen LogP contribution in [0, 0.1) is 0 Å². The molecule has 0 bridgehead atoms. The quantitative estimate of drug-likeness (QED) is 0.496. The minimum absolute atomic E-state index is 0.0189. The Hall–Kier alpha value is -2.70. The first kappa shape index (κ1) is 17.1. The molecule has 1 aliphatic heterocycles. The zero-order valence-corrected chi connectivity index (χ0v) is 13.8. The number of carbonyl (C=O) groups excluding carboxylic acids is 2. The molecular formula is C18H15ClN2O4. The Balaban J connectivity index is 2.17. The zero-order chi connectivity index (χ0) is 18.0. The lowest BCUT2D eigenvalue weighted by molar-refractivity contribution is -0.140. The number of ketones is 1. The molecule has 2 N–H and O–H groups in total. The van der Waals surface area contributed by atoms with E-state index in [0.29, 0.717) is 16.1 Å². The summed E-state index contributed by atoms with van der Waals surface area (Å²) in [7, 11) is 0. The second kappa shape index (κ2) is 7.04. The molecule has 6 nitrogen and oxygen atoms in total. The van der Waals surface area contributed by atoms with Gasteiger partial charge in [-0.3, -0.25) is 14.6 Å². The number of carbonyl (C=O) groups is 2. The van der Waals surface area contributed by atoms with Crippen molar-refractivity contribution in [3.8, 4) is 0 Å². The molecule has 1 saturated heterocycles. The summed E-state index contributed by atoms with van der Waals surface area (Å²) < 4.78 is 0. The van der Waals surface area contributed by atoms with Crippen LogP contribution in [0.2, 0.25) is 5.02 Å². The minimum Gasteiger partial charge on any atom is -0.507 e. The maximum Gasteiger partial charge on any atom is 0.295 e. The molecule has 2 aromatic rings. The number of halogens is 1. The molecule has 1 fully saturated rings. The van der Waals surface area contributed by atoms with Gasteiger partial charge >= 0.3 is 0 Å². The Morgan fingerprint density at radius 1 is 1.12 bits per heavy atom. The fourth-order valence-electron chi connectivity index (χ4n) is 2.87.